The van der Waals surface area contributed by atoms with E-state index in [0.717, 1.165) is 25.5 Å². The highest BCUT2D eigenvalue weighted by molar-refractivity contribution is 5.22. The van der Waals surface area contributed by atoms with E-state index in [1.54, 1.807) is 0 Å². The Morgan fingerprint density at radius 1 is 1.36 bits per heavy atom. The largest absolute Gasteiger partial charge is 0.354 e. The zero-order chi connectivity index (χ0) is 10.4. The second-order valence-corrected chi connectivity index (χ2v) is 3.27. The monoisotopic (exact) mass is 198 g/mol. The minimum atomic E-state index is -0.418. The van der Waals surface area contributed by atoms with E-state index in [2.05, 4.69) is 27.5 Å². The van der Waals surface area contributed by atoms with Crippen molar-refractivity contribution in [3.63, 3.8) is 0 Å². The smallest absolute Gasteiger partial charge is 0.222 e. The van der Waals surface area contributed by atoms with E-state index < -0.39 is 5.82 Å². The topological polar surface area (TPSA) is 49.8 Å². The summed E-state index contributed by atoms with van der Waals surface area (Å²) in [7, 11) is 1.91. The van der Waals surface area contributed by atoms with Crippen LogP contribution in [0.15, 0.2) is 12.4 Å². The van der Waals surface area contributed by atoms with Crippen LogP contribution in [0.3, 0.4) is 0 Å². The van der Waals surface area contributed by atoms with Gasteiger partial charge in [0.15, 0.2) is 5.82 Å². The average molecular weight is 198 g/mol. The second-order valence-electron chi connectivity index (χ2n) is 3.27. The SMILES string of the molecule is CNCC(C)CNc1ncc(F)cn1. The molecule has 1 aromatic rings. The predicted molar refractivity (Wildman–Crippen MR) is 53.6 cm³/mol. The van der Waals surface area contributed by atoms with Gasteiger partial charge in [0.1, 0.15) is 0 Å². The number of anilines is 1. The summed E-state index contributed by atoms with van der Waals surface area (Å²) < 4.78 is 12.4. The molecule has 14 heavy (non-hydrogen) atoms. The van der Waals surface area contributed by atoms with Gasteiger partial charge in [-0.05, 0) is 19.5 Å². The van der Waals surface area contributed by atoms with Crippen molar-refractivity contribution < 1.29 is 4.39 Å². The van der Waals surface area contributed by atoms with Crippen LogP contribution in [-0.2, 0) is 0 Å². The quantitative estimate of drug-likeness (QED) is 0.737. The van der Waals surface area contributed by atoms with Gasteiger partial charge in [-0.2, -0.15) is 0 Å². The van der Waals surface area contributed by atoms with Crippen LogP contribution in [0.2, 0.25) is 0 Å². The van der Waals surface area contributed by atoms with Crippen LogP contribution >= 0.6 is 0 Å². The summed E-state index contributed by atoms with van der Waals surface area (Å²) in [6.07, 6.45) is 2.30. The molecule has 78 valence electrons. The molecular formula is C9H15FN4. The third-order valence-corrected chi connectivity index (χ3v) is 1.78. The summed E-state index contributed by atoms with van der Waals surface area (Å²) in [6, 6.07) is 0. The lowest BCUT2D eigenvalue weighted by molar-refractivity contribution is 0.566. The Hall–Kier alpha value is -1.23. The molecule has 0 saturated heterocycles. The number of halogens is 1. The van der Waals surface area contributed by atoms with Gasteiger partial charge in [-0.3, -0.25) is 0 Å². The molecule has 2 N–H and O–H groups in total. The van der Waals surface area contributed by atoms with Gasteiger partial charge in [0.25, 0.3) is 0 Å². The lowest BCUT2D eigenvalue weighted by Gasteiger charge is -2.11. The van der Waals surface area contributed by atoms with Crippen molar-refractivity contribution in [2.75, 3.05) is 25.5 Å². The first kappa shape index (κ1) is 10.8. The van der Waals surface area contributed by atoms with Crippen LogP contribution in [0, 0.1) is 11.7 Å². The van der Waals surface area contributed by atoms with Gasteiger partial charge in [-0.15, -0.1) is 0 Å². The predicted octanol–water partition coefficient (Wildman–Crippen LogP) is 0.883. The molecule has 5 heteroatoms. The molecule has 0 fully saturated rings. The van der Waals surface area contributed by atoms with Crippen LogP contribution in [0.25, 0.3) is 0 Å². The maximum Gasteiger partial charge on any atom is 0.222 e. The highest BCUT2D eigenvalue weighted by Crippen LogP contribution is 2.00. The van der Waals surface area contributed by atoms with Crippen LogP contribution in [-0.4, -0.2) is 30.1 Å². The van der Waals surface area contributed by atoms with E-state index >= 15 is 0 Å². The third-order valence-electron chi connectivity index (χ3n) is 1.78. The van der Waals surface area contributed by atoms with Crippen molar-refractivity contribution in [3.8, 4) is 0 Å². The first-order chi connectivity index (χ1) is 6.72. The van der Waals surface area contributed by atoms with Crippen molar-refractivity contribution in [2.45, 2.75) is 6.92 Å². The molecule has 0 aromatic carbocycles. The minimum absolute atomic E-state index is 0.418. The van der Waals surface area contributed by atoms with Crippen LogP contribution in [0.1, 0.15) is 6.92 Å². The van der Waals surface area contributed by atoms with Gasteiger partial charge in [-0.1, -0.05) is 6.92 Å². The van der Waals surface area contributed by atoms with Gasteiger partial charge >= 0.3 is 0 Å². The van der Waals surface area contributed by atoms with Gasteiger partial charge in [0.05, 0.1) is 12.4 Å². The van der Waals surface area contributed by atoms with Crippen molar-refractivity contribution >= 4 is 5.95 Å². The fourth-order valence-corrected chi connectivity index (χ4v) is 1.09. The Morgan fingerprint density at radius 3 is 2.57 bits per heavy atom. The maximum atomic E-state index is 12.4. The third kappa shape index (κ3) is 3.66. The van der Waals surface area contributed by atoms with E-state index in [4.69, 9.17) is 0 Å². The number of nitrogens with zero attached hydrogens (tertiary/aromatic N) is 2. The van der Waals surface area contributed by atoms with Crippen molar-refractivity contribution in [3.05, 3.63) is 18.2 Å². The van der Waals surface area contributed by atoms with Gasteiger partial charge in [0, 0.05) is 6.54 Å². The van der Waals surface area contributed by atoms with E-state index in [1.807, 2.05) is 7.05 Å². The van der Waals surface area contributed by atoms with E-state index in [0.29, 0.717) is 11.9 Å². The summed E-state index contributed by atoms with van der Waals surface area (Å²) in [5.41, 5.74) is 0. The van der Waals surface area contributed by atoms with Gasteiger partial charge < -0.3 is 10.6 Å². The maximum absolute atomic E-state index is 12.4. The number of hydrogen-bond donors (Lipinski definition) is 2. The number of aromatic nitrogens is 2. The molecule has 1 atom stereocenters. The lowest BCUT2D eigenvalue weighted by atomic mass is 10.2. The molecule has 0 bridgehead atoms. The van der Waals surface area contributed by atoms with Crippen molar-refractivity contribution in [1.29, 1.82) is 0 Å². The molecule has 0 saturated carbocycles. The second kappa shape index (κ2) is 5.49. The molecule has 1 unspecified atom stereocenters. The van der Waals surface area contributed by atoms with E-state index in [9.17, 15) is 4.39 Å². The van der Waals surface area contributed by atoms with Crippen LogP contribution in [0.4, 0.5) is 10.3 Å². The Morgan fingerprint density at radius 2 is 2.00 bits per heavy atom. The Kier molecular flexibility index (Phi) is 4.25. The summed E-state index contributed by atoms with van der Waals surface area (Å²) in [5.74, 6) is 0.529. The fourth-order valence-electron chi connectivity index (χ4n) is 1.09. The molecular weight excluding hydrogens is 183 g/mol. The van der Waals surface area contributed by atoms with E-state index in [1.165, 1.54) is 0 Å². The first-order valence-corrected chi connectivity index (χ1v) is 4.58. The zero-order valence-corrected chi connectivity index (χ0v) is 8.42. The summed E-state index contributed by atoms with van der Waals surface area (Å²) in [4.78, 5) is 7.59. The van der Waals surface area contributed by atoms with Gasteiger partial charge in [-0.25, -0.2) is 14.4 Å². The molecule has 1 heterocycles. The molecule has 1 aromatic heterocycles. The van der Waals surface area contributed by atoms with Gasteiger partial charge in [0.2, 0.25) is 5.95 Å². The molecule has 4 nitrogen and oxygen atoms in total. The number of hydrogen-bond acceptors (Lipinski definition) is 4. The normalized spacial score (nSPS) is 12.5. The molecule has 0 amide bonds. The Bertz CT molecular complexity index is 262. The number of nitrogens with one attached hydrogen (secondary N) is 2. The molecule has 0 aliphatic heterocycles. The summed E-state index contributed by atoms with van der Waals surface area (Å²) in [6.45, 7) is 3.80. The number of rotatable bonds is 5. The fraction of sp³-hybridized carbons (Fsp3) is 0.556. The van der Waals surface area contributed by atoms with Crippen LogP contribution in [0.5, 0.6) is 0 Å². The Balaban J connectivity index is 2.34. The molecule has 0 aliphatic carbocycles. The van der Waals surface area contributed by atoms with E-state index in [-0.39, 0.29) is 0 Å². The highest BCUT2D eigenvalue weighted by atomic mass is 19.1. The molecule has 1 rings (SSSR count). The standard InChI is InChI=1S/C9H15FN4/c1-7(3-11-2)4-12-9-13-5-8(10)6-14-9/h5-7,11H,3-4H2,1-2H3,(H,12,13,14). The van der Waals surface area contributed by atoms with Crippen molar-refractivity contribution in [1.82, 2.24) is 15.3 Å². The van der Waals surface area contributed by atoms with Crippen LogP contribution < -0.4 is 10.6 Å². The highest BCUT2D eigenvalue weighted by Gasteiger charge is 2.01. The zero-order valence-electron chi connectivity index (χ0n) is 8.42. The first-order valence-electron chi connectivity index (χ1n) is 4.58. The summed E-state index contributed by atoms with van der Waals surface area (Å²) in [5, 5.41) is 6.10. The lowest BCUT2D eigenvalue weighted by Crippen LogP contribution is -2.23. The molecule has 0 aliphatic rings. The Labute approximate surface area is 83.0 Å². The van der Waals surface area contributed by atoms with Crippen molar-refractivity contribution in [2.24, 2.45) is 5.92 Å². The minimum Gasteiger partial charge on any atom is -0.354 e. The average Bonchev–Trinajstić information content (AvgIpc) is 2.17. The molecule has 0 radical (unpaired) electrons. The summed E-state index contributed by atoms with van der Waals surface area (Å²) >= 11 is 0. The molecule has 0 spiro atoms.